The largest absolute Gasteiger partial charge is 0.524 e. The van der Waals surface area contributed by atoms with Gasteiger partial charge in [0.2, 0.25) is 17.7 Å². The van der Waals surface area contributed by atoms with Gasteiger partial charge in [0.25, 0.3) is 0 Å². The molecule has 0 unspecified atom stereocenters. The second-order valence-electron chi connectivity index (χ2n) is 10.8. The maximum atomic E-state index is 13.7. The summed E-state index contributed by atoms with van der Waals surface area (Å²) in [4.78, 5) is 61.2. The molecule has 0 aliphatic carbocycles. The fourth-order valence-corrected chi connectivity index (χ4v) is 5.20. The van der Waals surface area contributed by atoms with E-state index in [1.807, 2.05) is 25.7 Å². The molecule has 0 spiro atoms. The first-order chi connectivity index (χ1) is 17.3. The quantitative estimate of drug-likeness (QED) is 0.361. The summed E-state index contributed by atoms with van der Waals surface area (Å²) in [6, 6.07) is 4.65. The molecule has 11 heteroatoms. The highest BCUT2D eigenvalue weighted by Gasteiger charge is 2.42. The van der Waals surface area contributed by atoms with Crippen molar-refractivity contribution in [2.24, 2.45) is 5.41 Å². The molecule has 3 rings (SSSR count). The van der Waals surface area contributed by atoms with E-state index in [1.165, 1.54) is 18.2 Å². The van der Waals surface area contributed by atoms with E-state index in [9.17, 15) is 18.9 Å². The molecular weight excluding hydrogens is 497 g/mol. The molecule has 10 nitrogen and oxygen atoms in total. The third-order valence-corrected chi connectivity index (χ3v) is 7.22. The summed E-state index contributed by atoms with van der Waals surface area (Å²) in [5, 5.41) is 2.86. The van der Waals surface area contributed by atoms with Crippen molar-refractivity contribution in [3.63, 3.8) is 0 Å². The van der Waals surface area contributed by atoms with Crippen LogP contribution in [0, 0.1) is 5.41 Å². The van der Waals surface area contributed by atoms with Crippen molar-refractivity contribution < 1.29 is 33.3 Å². The first-order valence-electron chi connectivity index (χ1n) is 12.7. The van der Waals surface area contributed by atoms with Crippen molar-refractivity contribution >= 4 is 31.1 Å². The molecule has 2 aliphatic heterocycles. The third kappa shape index (κ3) is 7.90. The lowest BCUT2D eigenvalue weighted by molar-refractivity contribution is -0.147. The molecule has 0 saturated carbocycles. The molecule has 0 aromatic heterocycles. The maximum absolute atomic E-state index is 13.7. The normalized spacial score (nSPS) is 19.9. The SMILES string of the molecule is C/C(=C\C(=O)N[C@H](C(=O)N1CCC[C@H]1C(=O)N1CCCCC1)C(C)(C)C)c1ccc(OP(=O)(O)O)cc1. The van der Waals surface area contributed by atoms with E-state index in [0.29, 0.717) is 24.1 Å². The van der Waals surface area contributed by atoms with Crippen LogP contribution in [0.4, 0.5) is 0 Å². The van der Waals surface area contributed by atoms with Crippen molar-refractivity contribution in [2.45, 2.75) is 71.9 Å². The van der Waals surface area contributed by atoms with Crippen molar-refractivity contribution in [2.75, 3.05) is 19.6 Å². The zero-order valence-electron chi connectivity index (χ0n) is 22.0. The number of benzene rings is 1. The predicted octanol–water partition coefficient (Wildman–Crippen LogP) is 3.10. The smallest absolute Gasteiger partial charge is 0.404 e. The fraction of sp³-hybridized carbons (Fsp3) is 0.577. The van der Waals surface area contributed by atoms with Crippen LogP contribution < -0.4 is 9.84 Å². The zero-order valence-corrected chi connectivity index (χ0v) is 22.9. The number of amides is 3. The van der Waals surface area contributed by atoms with Gasteiger partial charge in [0, 0.05) is 25.7 Å². The molecule has 2 atom stereocenters. The third-order valence-electron chi connectivity index (χ3n) is 6.77. The molecule has 2 heterocycles. The van der Waals surface area contributed by atoms with E-state index in [4.69, 9.17) is 9.79 Å². The summed E-state index contributed by atoms with van der Waals surface area (Å²) >= 11 is 0. The van der Waals surface area contributed by atoms with Crippen LogP contribution in [0.5, 0.6) is 5.75 Å². The summed E-state index contributed by atoms with van der Waals surface area (Å²) in [5.74, 6) is -0.684. The van der Waals surface area contributed by atoms with Crippen molar-refractivity contribution in [1.29, 1.82) is 0 Å². The lowest BCUT2D eigenvalue weighted by Crippen LogP contribution is -2.58. The van der Waals surface area contributed by atoms with Gasteiger partial charge in [-0.25, -0.2) is 4.57 Å². The molecule has 2 saturated heterocycles. The Kier molecular flexibility index (Phi) is 9.21. The van der Waals surface area contributed by atoms with Crippen LogP contribution in [0.2, 0.25) is 0 Å². The van der Waals surface area contributed by atoms with Gasteiger partial charge in [0.15, 0.2) is 0 Å². The number of hydrogen-bond donors (Lipinski definition) is 3. The van der Waals surface area contributed by atoms with Crippen LogP contribution in [0.15, 0.2) is 30.3 Å². The standard InChI is InChI=1S/C26H38N3O7P/c1-18(19-10-12-20(13-11-19)36-37(33,34)35)17-22(30)27-23(26(2,3)4)25(32)29-16-8-9-21(29)24(31)28-14-6-5-7-15-28/h10-13,17,21,23H,5-9,14-16H2,1-4H3,(H,27,30)(H2,33,34,35)/b18-17+/t21-,23+/m0/s1. The monoisotopic (exact) mass is 535 g/mol. The number of piperidine rings is 1. The Hall–Kier alpha value is -2.68. The molecule has 2 aliphatic rings. The molecule has 1 aromatic carbocycles. The van der Waals surface area contributed by atoms with E-state index in [0.717, 1.165) is 38.8 Å². The zero-order chi connectivity index (χ0) is 27.4. The van der Waals surface area contributed by atoms with Gasteiger partial charge in [-0.15, -0.1) is 0 Å². The average Bonchev–Trinajstić information content (AvgIpc) is 3.31. The minimum absolute atomic E-state index is 0.00597. The molecule has 3 N–H and O–H groups in total. The van der Waals surface area contributed by atoms with Gasteiger partial charge >= 0.3 is 7.82 Å². The van der Waals surface area contributed by atoms with Crippen molar-refractivity contribution in [3.05, 3.63) is 35.9 Å². The van der Waals surface area contributed by atoms with E-state index in [1.54, 1.807) is 24.0 Å². The first-order valence-corrected chi connectivity index (χ1v) is 14.2. The molecule has 0 radical (unpaired) electrons. The van der Waals surface area contributed by atoms with Crippen LogP contribution in [0.3, 0.4) is 0 Å². The minimum atomic E-state index is -4.66. The van der Waals surface area contributed by atoms with Crippen molar-refractivity contribution in [3.8, 4) is 5.75 Å². The first kappa shape index (κ1) is 28.9. The summed E-state index contributed by atoms with van der Waals surface area (Å²) in [6.45, 7) is 9.31. The molecule has 0 bridgehead atoms. The van der Waals surface area contributed by atoms with Crippen molar-refractivity contribution in [1.82, 2.24) is 15.1 Å². The minimum Gasteiger partial charge on any atom is -0.404 e. The highest BCUT2D eigenvalue weighted by atomic mass is 31.2. The second kappa shape index (κ2) is 11.8. The highest BCUT2D eigenvalue weighted by Crippen LogP contribution is 2.37. The van der Waals surface area contributed by atoms with E-state index < -0.39 is 31.2 Å². The van der Waals surface area contributed by atoms with Gasteiger partial charge in [-0.3, -0.25) is 24.2 Å². The fourth-order valence-electron chi connectivity index (χ4n) is 4.81. The van der Waals surface area contributed by atoms with E-state index in [-0.39, 0.29) is 17.6 Å². The van der Waals surface area contributed by atoms with Crippen LogP contribution >= 0.6 is 7.82 Å². The molecule has 3 amide bonds. The molecule has 204 valence electrons. The van der Waals surface area contributed by atoms with Gasteiger partial charge in [0.1, 0.15) is 17.8 Å². The second-order valence-corrected chi connectivity index (χ2v) is 12.0. The molecular formula is C26H38N3O7P. The van der Waals surface area contributed by atoms with Crippen LogP contribution in [0.25, 0.3) is 5.57 Å². The number of carbonyl (C=O) groups excluding carboxylic acids is 3. The van der Waals surface area contributed by atoms with Gasteiger partial charge in [-0.2, -0.15) is 0 Å². The number of rotatable bonds is 7. The number of allylic oxidation sites excluding steroid dienone is 1. The summed E-state index contributed by atoms with van der Waals surface area (Å²) in [5.41, 5.74) is 0.662. The highest BCUT2D eigenvalue weighted by molar-refractivity contribution is 7.46. The van der Waals surface area contributed by atoms with Crippen LogP contribution in [-0.4, -0.2) is 69.0 Å². The van der Waals surface area contributed by atoms with Gasteiger partial charge in [0.05, 0.1) is 0 Å². The Balaban J connectivity index is 1.71. The predicted molar refractivity (Wildman–Crippen MR) is 139 cm³/mol. The molecule has 37 heavy (non-hydrogen) atoms. The Labute approximate surface area is 218 Å². The van der Waals surface area contributed by atoms with Gasteiger partial charge < -0.3 is 19.6 Å². The van der Waals surface area contributed by atoms with Crippen LogP contribution in [-0.2, 0) is 18.9 Å². The number of hydrogen-bond acceptors (Lipinski definition) is 5. The van der Waals surface area contributed by atoms with E-state index in [2.05, 4.69) is 9.84 Å². The number of nitrogens with one attached hydrogen (secondary N) is 1. The molecule has 2 fully saturated rings. The number of nitrogens with zero attached hydrogens (tertiary/aromatic N) is 2. The Morgan fingerprint density at radius 2 is 1.68 bits per heavy atom. The number of phosphoric ester groups is 1. The number of likely N-dealkylation sites (tertiary alicyclic amines) is 2. The summed E-state index contributed by atoms with van der Waals surface area (Å²) in [6.07, 6.45) is 5.85. The van der Waals surface area contributed by atoms with Gasteiger partial charge in [-0.1, -0.05) is 32.9 Å². The Bertz CT molecular complexity index is 1070. The van der Waals surface area contributed by atoms with Crippen LogP contribution in [0.1, 0.15) is 65.4 Å². The number of phosphoric acid groups is 1. The lowest BCUT2D eigenvalue weighted by atomic mass is 9.85. The maximum Gasteiger partial charge on any atom is 0.524 e. The Morgan fingerprint density at radius 3 is 2.24 bits per heavy atom. The summed E-state index contributed by atoms with van der Waals surface area (Å²) < 4.78 is 15.5. The summed E-state index contributed by atoms with van der Waals surface area (Å²) in [7, 11) is -4.66. The molecule has 1 aromatic rings. The van der Waals surface area contributed by atoms with Gasteiger partial charge in [-0.05, 0) is 67.7 Å². The van der Waals surface area contributed by atoms with E-state index >= 15 is 0 Å². The topological polar surface area (TPSA) is 136 Å². The Morgan fingerprint density at radius 1 is 1.05 bits per heavy atom. The number of carbonyl (C=O) groups is 3. The average molecular weight is 536 g/mol. The lowest BCUT2D eigenvalue weighted by Gasteiger charge is -2.37.